The zero-order chi connectivity index (χ0) is 17.2. The van der Waals surface area contributed by atoms with E-state index in [4.69, 9.17) is 9.47 Å². The van der Waals surface area contributed by atoms with E-state index in [-0.39, 0.29) is 0 Å². The molecule has 1 aromatic rings. The number of nitrogens with one attached hydrogen (secondary N) is 1. The van der Waals surface area contributed by atoms with Crippen LogP contribution < -0.4 is 10.1 Å². The Morgan fingerprint density at radius 2 is 2.17 bits per heavy atom. The smallest absolute Gasteiger partial charge is 0.193 e. The van der Waals surface area contributed by atoms with E-state index < -0.39 is 0 Å². The molecule has 1 fully saturated rings. The highest BCUT2D eigenvalue weighted by atomic mass is 16.5. The van der Waals surface area contributed by atoms with Crippen molar-refractivity contribution in [3.8, 4) is 5.75 Å². The zero-order valence-electron chi connectivity index (χ0n) is 15.3. The van der Waals surface area contributed by atoms with E-state index in [1.807, 2.05) is 19.2 Å². The predicted octanol–water partition coefficient (Wildman–Crippen LogP) is 2.70. The van der Waals surface area contributed by atoms with Gasteiger partial charge in [-0.3, -0.25) is 4.99 Å². The molecule has 0 bridgehead atoms. The fourth-order valence-electron chi connectivity index (χ4n) is 2.94. The highest BCUT2D eigenvalue weighted by Crippen LogP contribution is 2.18. The Kier molecular flexibility index (Phi) is 7.89. The highest BCUT2D eigenvalue weighted by Gasteiger charge is 2.15. The van der Waals surface area contributed by atoms with Crippen LogP contribution in [0.15, 0.2) is 29.3 Å². The van der Waals surface area contributed by atoms with Crippen LogP contribution in [0.5, 0.6) is 5.75 Å². The molecule has 1 aromatic carbocycles. The standard InChI is InChI=1S/C19H31N3O2/c1-16-5-4-6-18(15-16)24-14-10-21-19(20-2)22(3)11-7-17-8-12-23-13-9-17/h4-6,15,17H,7-14H2,1-3H3,(H,20,21). The summed E-state index contributed by atoms with van der Waals surface area (Å²) in [6, 6.07) is 8.12. The summed E-state index contributed by atoms with van der Waals surface area (Å²) in [7, 11) is 3.92. The minimum Gasteiger partial charge on any atom is -0.492 e. The molecule has 0 saturated carbocycles. The summed E-state index contributed by atoms with van der Waals surface area (Å²) in [5.41, 5.74) is 1.21. The van der Waals surface area contributed by atoms with Crippen molar-refractivity contribution >= 4 is 5.96 Å². The number of aliphatic imine (C=N–C) groups is 1. The van der Waals surface area contributed by atoms with Gasteiger partial charge in [-0.15, -0.1) is 0 Å². The van der Waals surface area contributed by atoms with E-state index in [2.05, 4.69) is 41.3 Å². The second-order valence-corrected chi connectivity index (χ2v) is 6.40. The van der Waals surface area contributed by atoms with Crippen molar-refractivity contribution in [2.45, 2.75) is 26.2 Å². The van der Waals surface area contributed by atoms with E-state index >= 15 is 0 Å². The van der Waals surface area contributed by atoms with Crippen molar-refractivity contribution in [3.63, 3.8) is 0 Å². The normalized spacial score (nSPS) is 16.0. The molecule has 0 atom stereocenters. The molecule has 2 rings (SSSR count). The zero-order valence-corrected chi connectivity index (χ0v) is 15.3. The Balaban J connectivity index is 1.65. The van der Waals surface area contributed by atoms with Gasteiger partial charge in [-0.2, -0.15) is 0 Å². The summed E-state index contributed by atoms with van der Waals surface area (Å²) in [5.74, 6) is 2.62. The van der Waals surface area contributed by atoms with Gasteiger partial charge in [0.05, 0.1) is 6.54 Å². The summed E-state index contributed by atoms with van der Waals surface area (Å²) in [4.78, 5) is 6.56. The molecular weight excluding hydrogens is 302 g/mol. The molecule has 24 heavy (non-hydrogen) atoms. The van der Waals surface area contributed by atoms with Crippen molar-refractivity contribution in [3.05, 3.63) is 29.8 Å². The lowest BCUT2D eigenvalue weighted by atomic mass is 9.96. The molecule has 1 N–H and O–H groups in total. The molecule has 0 radical (unpaired) electrons. The maximum atomic E-state index is 5.77. The Bertz CT molecular complexity index is 513. The van der Waals surface area contributed by atoms with Gasteiger partial charge in [0.1, 0.15) is 12.4 Å². The van der Waals surface area contributed by atoms with E-state index in [1.165, 1.54) is 24.8 Å². The van der Waals surface area contributed by atoms with E-state index in [0.717, 1.165) is 43.9 Å². The van der Waals surface area contributed by atoms with Crippen LogP contribution in [0.25, 0.3) is 0 Å². The second kappa shape index (κ2) is 10.2. The van der Waals surface area contributed by atoms with E-state index in [9.17, 15) is 0 Å². The Hall–Kier alpha value is -1.75. The molecular formula is C19H31N3O2. The molecule has 5 heteroatoms. The molecule has 0 aromatic heterocycles. The third-order valence-electron chi connectivity index (χ3n) is 4.43. The minimum atomic E-state index is 0.621. The third kappa shape index (κ3) is 6.40. The van der Waals surface area contributed by atoms with Crippen LogP contribution in [0, 0.1) is 12.8 Å². The van der Waals surface area contributed by atoms with Crippen molar-refractivity contribution in [1.29, 1.82) is 0 Å². The van der Waals surface area contributed by atoms with Crippen LogP contribution in [-0.2, 0) is 4.74 Å². The topological polar surface area (TPSA) is 46.1 Å². The fourth-order valence-corrected chi connectivity index (χ4v) is 2.94. The number of aryl methyl sites for hydroxylation is 1. The Morgan fingerprint density at radius 1 is 1.38 bits per heavy atom. The number of hydrogen-bond acceptors (Lipinski definition) is 3. The second-order valence-electron chi connectivity index (χ2n) is 6.40. The van der Waals surface area contributed by atoms with Crippen LogP contribution in [0.1, 0.15) is 24.8 Å². The predicted molar refractivity (Wildman–Crippen MR) is 98.8 cm³/mol. The van der Waals surface area contributed by atoms with Gasteiger partial charge in [0.25, 0.3) is 0 Å². The van der Waals surface area contributed by atoms with Crippen LogP contribution in [0.4, 0.5) is 0 Å². The molecule has 134 valence electrons. The average molecular weight is 333 g/mol. The summed E-state index contributed by atoms with van der Waals surface area (Å²) >= 11 is 0. The van der Waals surface area contributed by atoms with Gasteiger partial charge in [0, 0.05) is 33.9 Å². The first-order chi connectivity index (χ1) is 11.7. The number of rotatable bonds is 7. The van der Waals surface area contributed by atoms with Gasteiger partial charge >= 0.3 is 0 Å². The molecule has 5 nitrogen and oxygen atoms in total. The van der Waals surface area contributed by atoms with Crippen molar-refractivity contribution in [2.24, 2.45) is 10.9 Å². The van der Waals surface area contributed by atoms with Crippen LogP contribution in [-0.4, -0.2) is 57.9 Å². The fraction of sp³-hybridized carbons (Fsp3) is 0.632. The molecule has 0 aliphatic carbocycles. The third-order valence-corrected chi connectivity index (χ3v) is 4.43. The first-order valence-corrected chi connectivity index (χ1v) is 8.88. The van der Waals surface area contributed by atoms with Gasteiger partial charge in [-0.25, -0.2) is 0 Å². The summed E-state index contributed by atoms with van der Waals surface area (Å²) < 4.78 is 11.2. The van der Waals surface area contributed by atoms with E-state index in [1.54, 1.807) is 0 Å². The lowest BCUT2D eigenvalue weighted by molar-refractivity contribution is 0.0625. The maximum absolute atomic E-state index is 5.77. The highest BCUT2D eigenvalue weighted by molar-refractivity contribution is 5.79. The van der Waals surface area contributed by atoms with Crippen LogP contribution >= 0.6 is 0 Å². The van der Waals surface area contributed by atoms with E-state index in [0.29, 0.717) is 6.61 Å². The number of hydrogen-bond donors (Lipinski definition) is 1. The lowest BCUT2D eigenvalue weighted by Crippen LogP contribution is -2.41. The lowest BCUT2D eigenvalue weighted by Gasteiger charge is -2.26. The van der Waals surface area contributed by atoms with Gasteiger partial charge < -0.3 is 19.7 Å². The van der Waals surface area contributed by atoms with Gasteiger partial charge in [0.15, 0.2) is 5.96 Å². The SMILES string of the molecule is CN=C(NCCOc1cccc(C)c1)N(C)CCC1CCOCC1. The molecule has 1 saturated heterocycles. The molecule has 0 amide bonds. The van der Waals surface area contributed by atoms with Gasteiger partial charge in [-0.05, 0) is 49.8 Å². The largest absolute Gasteiger partial charge is 0.492 e. The Labute approximate surface area is 146 Å². The van der Waals surface area contributed by atoms with Gasteiger partial charge in [-0.1, -0.05) is 12.1 Å². The molecule has 1 aliphatic rings. The number of benzene rings is 1. The summed E-state index contributed by atoms with van der Waals surface area (Å²) in [6.45, 7) is 6.28. The van der Waals surface area contributed by atoms with Crippen molar-refractivity contribution in [2.75, 3.05) is 47.0 Å². The molecule has 1 aliphatic heterocycles. The number of ether oxygens (including phenoxy) is 2. The quantitative estimate of drug-likeness (QED) is 0.473. The first-order valence-electron chi connectivity index (χ1n) is 8.88. The average Bonchev–Trinajstić information content (AvgIpc) is 2.61. The number of guanidine groups is 1. The number of nitrogens with zero attached hydrogens (tertiary/aromatic N) is 2. The summed E-state index contributed by atoms with van der Waals surface area (Å²) in [5, 5.41) is 3.37. The van der Waals surface area contributed by atoms with Crippen molar-refractivity contribution in [1.82, 2.24) is 10.2 Å². The first kappa shape index (κ1) is 18.6. The molecule has 0 unspecified atom stereocenters. The van der Waals surface area contributed by atoms with Crippen molar-refractivity contribution < 1.29 is 9.47 Å². The monoisotopic (exact) mass is 333 g/mol. The van der Waals surface area contributed by atoms with Crippen LogP contribution in [0.3, 0.4) is 0 Å². The molecule has 0 spiro atoms. The van der Waals surface area contributed by atoms with Crippen LogP contribution in [0.2, 0.25) is 0 Å². The van der Waals surface area contributed by atoms with Gasteiger partial charge in [0.2, 0.25) is 0 Å². The maximum Gasteiger partial charge on any atom is 0.193 e. The molecule has 1 heterocycles. The Morgan fingerprint density at radius 3 is 2.88 bits per heavy atom. The summed E-state index contributed by atoms with van der Waals surface area (Å²) in [6.07, 6.45) is 3.56. The minimum absolute atomic E-state index is 0.621.